The smallest absolute Gasteiger partial charge is 0.255 e. The number of nitrogens with one attached hydrogen (secondary N) is 1. The number of carbonyl (C=O) groups excluding carboxylic acids is 3. The van der Waals surface area contributed by atoms with Crippen molar-refractivity contribution in [2.45, 2.75) is 25.0 Å². The number of aliphatic hydroxyl groups excluding tert-OH is 3. The molecule has 0 saturated heterocycles. The molecule has 2 aromatic carbocycles. The molecule has 11 nitrogen and oxygen atoms in total. The topological polar surface area (TPSA) is 186 Å². The van der Waals surface area contributed by atoms with Gasteiger partial charge in [0.2, 0.25) is 0 Å². The first kappa shape index (κ1) is 29.5. The number of aliphatic hydroxyl groups is 3. The molecule has 3 aliphatic rings. The summed E-state index contributed by atoms with van der Waals surface area (Å²) in [6, 6.07) is 8.00. The van der Waals surface area contributed by atoms with Crippen molar-refractivity contribution in [1.29, 1.82) is 0 Å². The lowest BCUT2D eigenvalue weighted by Crippen LogP contribution is -2.61. The summed E-state index contributed by atoms with van der Waals surface area (Å²) in [5, 5.41) is 50.7. The number of hydrogen-bond acceptors (Lipinski definition) is 11. The molecule has 1 fully saturated rings. The Hall–Kier alpha value is -4.59. The van der Waals surface area contributed by atoms with Crippen LogP contribution in [0, 0.1) is 23.6 Å². The molecular formula is C31H29FN4O7S. The summed E-state index contributed by atoms with van der Waals surface area (Å²) >= 11 is 1.23. The van der Waals surface area contributed by atoms with Gasteiger partial charge in [-0.2, -0.15) is 0 Å². The first-order valence-electron chi connectivity index (χ1n) is 13.8. The molecule has 6 atom stereocenters. The molecule has 1 aromatic heterocycles. The Morgan fingerprint density at radius 3 is 2.39 bits per heavy atom. The van der Waals surface area contributed by atoms with Gasteiger partial charge in [-0.05, 0) is 55.9 Å². The highest BCUT2D eigenvalue weighted by molar-refractivity contribution is 7.14. The number of nitrogens with zero attached hydrogens (tertiary/aromatic N) is 2. The number of fused-ring (bicyclic) bond motifs is 3. The minimum atomic E-state index is -1.60. The van der Waals surface area contributed by atoms with Gasteiger partial charge in [-0.15, -0.1) is 11.3 Å². The monoisotopic (exact) mass is 620 g/mol. The number of phenolic OH excluding ortho intramolecular Hbond substituents is 1. The lowest BCUT2D eigenvalue weighted by atomic mass is 9.56. The number of rotatable bonds is 5. The molecule has 1 saturated carbocycles. The molecule has 228 valence electrons. The number of Topliss-reactive ketones (excluding diaryl/α,β-unsaturated/α-hetero) is 2. The van der Waals surface area contributed by atoms with E-state index in [1.807, 2.05) is 0 Å². The first-order chi connectivity index (χ1) is 20.8. The normalized spacial score (nSPS) is 26.4. The van der Waals surface area contributed by atoms with Crippen LogP contribution in [0.3, 0.4) is 0 Å². The summed E-state index contributed by atoms with van der Waals surface area (Å²) in [5.74, 6) is -9.32. The van der Waals surface area contributed by atoms with Gasteiger partial charge in [-0.25, -0.2) is 9.37 Å². The molecule has 44 heavy (non-hydrogen) atoms. The fraction of sp³-hybridized carbons (Fsp3) is 0.290. The number of phenols is 1. The number of carbonyl (C=O) groups is 3. The van der Waals surface area contributed by atoms with Crippen molar-refractivity contribution in [2.24, 2.45) is 23.5 Å². The van der Waals surface area contributed by atoms with Crippen LogP contribution < -0.4 is 11.1 Å². The summed E-state index contributed by atoms with van der Waals surface area (Å²) in [4.78, 5) is 45.6. The molecule has 3 aliphatic carbocycles. The highest BCUT2D eigenvalue weighted by atomic mass is 32.1. The van der Waals surface area contributed by atoms with Crippen molar-refractivity contribution in [2.75, 3.05) is 19.4 Å². The highest BCUT2D eigenvalue weighted by Gasteiger charge is 2.60. The predicted octanol–water partition coefficient (Wildman–Crippen LogP) is 3.39. The van der Waals surface area contributed by atoms with Crippen LogP contribution in [-0.2, 0) is 14.4 Å². The molecule has 6 unspecified atom stereocenters. The molecule has 0 radical (unpaired) electrons. The van der Waals surface area contributed by atoms with E-state index in [0.29, 0.717) is 22.0 Å². The molecule has 0 spiro atoms. The summed E-state index contributed by atoms with van der Waals surface area (Å²) in [5.41, 5.74) is 6.31. The molecule has 1 amide bonds. The van der Waals surface area contributed by atoms with Gasteiger partial charge in [0.1, 0.15) is 28.7 Å². The number of aromatic hydroxyl groups is 1. The van der Waals surface area contributed by atoms with E-state index >= 15 is 0 Å². The van der Waals surface area contributed by atoms with Crippen LogP contribution in [0.25, 0.3) is 17.0 Å². The van der Waals surface area contributed by atoms with E-state index in [2.05, 4.69) is 10.3 Å². The second-order valence-corrected chi connectivity index (χ2v) is 12.3. The van der Waals surface area contributed by atoms with Crippen molar-refractivity contribution in [3.05, 3.63) is 75.6 Å². The second kappa shape index (κ2) is 10.5. The van der Waals surface area contributed by atoms with Gasteiger partial charge in [0.05, 0.1) is 35.0 Å². The number of thiazole rings is 1. The van der Waals surface area contributed by atoms with Crippen LogP contribution in [0.1, 0.15) is 24.0 Å². The van der Waals surface area contributed by atoms with E-state index in [9.17, 15) is 39.2 Å². The number of ketones is 2. The summed E-state index contributed by atoms with van der Waals surface area (Å²) in [7, 11) is 3.15. The third-order valence-corrected chi connectivity index (χ3v) is 9.64. The number of halogens is 1. The summed E-state index contributed by atoms with van der Waals surface area (Å²) in [6.45, 7) is 1.73. The summed E-state index contributed by atoms with van der Waals surface area (Å²) in [6.07, 6.45) is -1.40. The van der Waals surface area contributed by atoms with Gasteiger partial charge in [0.15, 0.2) is 16.7 Å². The van der Waals surface area contributed by atoms with Gasteiger partial charge in [0, 0.05) is 28.4 Å². The molecule has 0 bridgehead atoms. The lowest BCUT2D eigenvalue weighted by Gasteiger charge is -2.50. The average Bonchev–Trinajstić information content (AvgIpc) is 3.42. The van der Waals surface area contributed by atoms with Crippen molar-refractivity contribution in [3.8, 4) is 17.0 Å². The fourth-order valence-corrected chi connectivity index (χ4v) is 7.64. The zero-order valence-corrected chi connectivity index (χ0v) is 24.6. The van der Waals surface area contributed by atoms with E-state index in [-0.39, 0.29) is 28.4 Å². The fourth-order valence-electron chi connectivity index (χ4n) is 6.91. The van der Waals surface area contributed by atoms with Gasteiger partial charge in [-0.3, -0.25) is 19.3 Å². The Morgan fingerprint density at radius 2 is 1.75 bits per heavy atom. The van der Waals surface area contributed by atoms with Crippen LogP contribution >= 0.6 is 11.3 Å². The van der Waals surface area contributed by atoms with E-state index in [1.54, 1.807) is 50.7 Å². The first-order valence-corrected chi connectivity index (χ1v) is 14.6. The number of hydrogen-bond donors (Lipinski definition) is 6. The molecular weight excluding hydrogens is 591 g/mol. The predicted molar refractivity (Wildman–Crippen MR) is 160 cm³/mol. The van der Waals surface area contributed by atoms with Gasteiger partial charge in [-0.1, -0.05) is 13.0 Å². The quantitative estimate of drug-likeness (QED) is 0.140. The van der Waals surface area contributed by atoms with Gasteiger partial charge >= 0.3 is 0 Å². The van der Waals surface area contributed by atoms with Crippen molar-refractivity contribution in [1.82, 2.24) is 9.88 Å². The SMILES string of the molecule is CC1c2ccc(Nc3nc(-c4ccc(F)cc4)cs3)c(O)c2C(O)=C2C(=O)C3C(=O)C(C(N)=O)=C(O)C(N(C)C)C3C(O)C21. The largest absolute Gasteiger partial charge is 0.510 e. The highest BCUT2D eigenvalue weighted by Crippen LogP contribution is 2.55. The average molecular weight is 621 g/mol. The minimum absolute atomic E-state index is 0.0380. The standard InChI is InChI=1S/C31H29FN4O7S/c1-11-14-8-9-15(34-31-35-16(10-44-31)12-4-6-13(32)7-5-12)24(37)18(14)26(39)20-17(11)25(38)19-21(27(20)40)28(41)22(30(33)43)29(42)23(19)36(2)3/h4-11,17,19,21,23,25,37-39,42H,1-3H3,(H2,33,43)(H,34,35). The van der Waals surface area contributed by atoms with E-state index < -0.39 is 70.4 Å². The second-order valence-electron chi connectivity index (χ2n) is 11.5. The van der Waals surface area contributed by atoms with Crippen molar-refractivity contribution in [3.63, 3.8) is 0 Å². The van der Waals surface area contributed by atoms with Gasteiger partial charge < -0.3 is 31.5 Å². The number of likely N-dealkylation sites (N-methyl/N-ethyl adjacent to an activating group) is 1. The van der Waals surface area contributed by atoms with Crippen LogP contribution in [-0.4, -0.2) is 74.0 Å². The molecule has 1 heterocycles. The Balaban J connectivity index is 1.41. The zero-order valence-electron chi connectivity index (χ0n) is 23.8. The Labute approximate surface area is 254 Å². The van der Waals surface area contributed by atoms with Crippen LogP contribution in [0.4, 0.5) is 15.2 Å². The lowest BCUT2D eigenvalue weighted by molar-refractivity contribution is -0.143. The van der Waals surface area contributed by atoms with Crippen LogP contribution in [0.5, 0.6) is 5.75 Å². The van der Waals surface area contributed by atoms with Gasteiger partial charge in [0.25, 0.3) is 5.91 Å². The number of aromatic nitrogens is 1. The van der Waals surface area contributed by atoms with Crippen molar-refractivity contribution < 1.29 is 39.2 Å². The summed E-state index contributed by atoms with van der Waals surface area (Å²) < 4.78 is 13.3. The molecule has 6 rings (SSSR count). The van der Waals surface area contributed by atoms with E-state index in [0.717, 1.165) is 0 Å². The maximum atomic E-state index is 14.1. The molecule has 3 aromatic rings. The third-order valence-electron chi connectivity index (χ3n) is 8.88. The van der Waals surface area contributed by atoms with Crippen LogP contribution in [0.2, 0.25) is 0 Å². The number of amides is 1. The molecule has 0 aliphatic heterocycles. The zero-order chi connectivity index (χ0) is 31.8. The number of nitrogens with two attached hydrogens (primary N) is 1. The van der Waals surface area contributed by atoms with E-state index in [1.165, 1.54) is 28.4 Å². The Morgan fingerprint density at radius 1 is 1.07 bits per heavy atom. The third kappa shape index (κ3) is 4.30. The number of primary amides is 1. The maximum Gasteiger partial charge on any atom is 0.255 e. The Kier molecular flexibility index (Phi) is 7.06. The Bertz CT molecular complexity index is 1800. The van der Waals surface area contributed by atoms with Crippen molar-refractivity contribution >= 4 is 45.4 Å². The molecule has 13 heteroatoms. The maximum absolute atomic E-state index is 14.1. The minimum Gasteiger partial charge on any atom is -0.510 e. The number of anilines is 2. The van der Waals surface area contributed by atoms with E-state index in [4.69, 9.17) is 5.73 Å². The number of benzene rings is 2. The molecule has 7 N–H and O–H groups in total. The van der Waals surface area contributed by atoms with Crippen LogP contribution in [0.15, 0.2) is 58.7 Å².